The summed E-state index contributed by atoms with van der Waals surface area (Å²) in [7, 11) is 2.01. The molecule has 0 bridgehead atoms. The molecule has 2 aromatic rings. The van der Waals surface area contributed by atoms with Gasteiger partial charge in [-0.3, -0.25) is 4.68 Å². The van der Waals surface area contributed by atoms with Crippen LogP contribution in [0.15, 0.2) is 29.3 Å². The zero-order chi connectivity index (χ0) is 19.1. The molecule has 1 atom stereocenters. The summed E-state index contributed by atoms with van der Waals surface area (Å²) >= 11 is 5.98. The Morgan fingerprint density at radius 1 is 1.19 bits per heavy atom. The van der Waals surface area contributed by atoms with E-state index in [0.29, 0.717) is 6.54 Å². The number of guanidine groups is 1. The van der Waals surface area contributed by atoms with E-state index in [1.807, 2.05) is 36.0 Å². The first kappa shape index (κ1) is 23.8. The summed E-state index contributed by atoms with van der Waals surface area (Å²) < 4.78 is 1.99. The first-order chi connectivity index (χ1) is 12.5. The molecule has 150 valence electrons. The zero-order valence-electron chi connectivity index (χ0n) is 16.8. The van der Waals surface area contributed by atoms with Crippen molar-refractivity contribution in [2.24, 2.45) is 12.0 Å². The number of nitrogens with one attached hydrogen (secondary N) is 2. The molecule has 1 unspecified atom stereocenters. The normalized spacial score (nSPS) is 12.4. The summed E-state index contributed by atoms with van der Waals surface area (Å²) in [4.78, 5) is 4.81. The van der Waals surface area contributed by atoms with E-state index in [1.165, 1.54) is 16.8 Å². The Kier molecular flexibility index (Phi) is 10.2. The van der Waals surface area contributed by atoms with E-state index in [0.717, 1.165) is 36.1 Å². The molecule has 1 aromatic carbocycles. The first-order valence-electron chi connectivity index (χ1n) is 9.33. The fourth-order valence-corrected chi connectivity index (χ4v) is 3.22. The lowest BCUT2D eigenvalue weighted by molar-refractivity contribution is 0.685. The highest BCUT2D eigenvalue weighted by Crippen LogP contribution is 2.18. The molecule has 2 N–H and O–H groups in total. The lowest BCUT2D eigenvalue weighted by Crippen LogP contribution is -2.38. The number of aryl methyl sites for hydroxylation is 2. The van der Waals surface area contributed by atoms with Crippen LogP contribution in [0.5, 0.6) is 0 Å². The number of aliphatic imine (C=N–C) groups is 1. The molecule has 0 aliphatic carbocycles. The monoisotopic (exact) mass is 503 g/mol. The van der Waals surface area contributed by atoms with Gasteiger partial charge in [0.05, 0.1) is 18.3 Å². The third-order valence-corrected chi connectivity index (χ3v) is 4.74. The van der Waals surface area contributed by atoms with Crippen LogP contribution in [0.3, 0.4) is 0 Å². The van der Waals surface area contributed by atoms with Crippen molar-refractivity contribution in [3.63, 3.8) is 0 Å². The van der Waals surface area contributed by atoms with Gasteiger partial charge in [0, 0.05) is 29.9 Å². The van der Waals surface area contributed by atoms with Crippen LogP contribution < -0.4 is 10.6 Å². The zero-order valence-corrected chi connectivity index (χ0v) is 19.9. The van der Waals surface area contributed by atoms with E-state index in [1.54, 1.807) is 0 Å². The second-order valence-electron chi connectivity index (χ2n) is 6.32. The fraction of sp³-hybridized carbons (Fsp3) is 0.500. The molecule has 0 saturated carbocycles. The van der Waals surface area contributed by atoms with Crippen molar-refractivity contribution in [3.05, 3.63) is 51.8 Å². The summed E-state index contributed by atoms with van der Waals surface area (Å²) in [5, 5.41) is 12.2. The summed E-state index contributed by atoms with van der Waals surface area (Å²) in [6.45, 7) is 9.94. The van der Waals surface area contributed by atoms with Crippen LogP contribution in [0.4, 0.5) is 0 Å². The second-order valence-corrected chi connectivity index (χ2v) is 6.75. The molecule has 5 nitrogen and oxygen atoms in total. The van der Waals surface area contributed by atoms with Crippen molar-refractivity contribution in [3.8, 4) is 0 Å². The third-order valence-electron chi connectivity index (χ3n) is 4.49. The molecule has 0 aliphatic rings. The van der Waals surface area contributed by atoms with Crippen molar-refractivity contribution in [2.75, 3.05) is 6.54 Å². The van der Waals surface area contributed by atoms with Gasteiger partial charge in [-0.1, -0.05) is 37.6 Å². The molecule has 1 heterocycles. The molecule has 0 aliphatic heterocycles. The van der Waals surface area contributed by atoms with Crippen molar-refractivity contribution in [1.82, 2.24) is 20.4 Å². The van der Waals surface area contributed by atoms with Gasteiger partial charge in [0.2, 0.25) is 0 Å². The Bertz CT molecular complexity index is 740. The minimum atomic E-state index is 0. The molecule has 0 saturated heterocycles. The average Bonchev–Trinajstić information content (AvgIpc) is 2.95. The highest BCUT2D eigenvalue weighted by molar-refractivity contribution is 14.0. The van der Waals surface area contributed by atoms with E-state index < -0.39 is 0 Å². The van der Waals surface area contributed by atoms with Crippen molar-refractivity contribution < 1.29 is 0 Å². The summed E-state index contributed by atoms with van der Waals surface area (Å²) in [6, 6.07) is 8.03. The van der Waals surface area contributed by atoms with Crippen LogP contribution >= 0.6 is 35.6 Å². The van der Waals surface area contributed by atoms with Crippen molar-refractivity contribution in [1.29, 1.82) is 0 Å². The molecule has 2 rings (SSSR count). The molecule has 0 fully saturated rings. The Balaban J connectivity index is 0.00000364. The largest absolute Gasteiger partial charge is 0.357 e. The summed E-state index contributed by atoms with van der Waals surface area (Å²) in [5.74, 6) is 0.808. The Morgan fingerprint density at radius 2 is 1.85 bits per heavy atom. The molecule has 0 spiro atoms. The van der Waals surface area contributed by atoms with Gasteiger partial charge < -0.3 is 10.6 Å². The molecule has 27 heavy (non-hydrogen) atoms. The second kappa shape index (κ2) is 11.5. The van der Waals surface area contributed by atoms with Crippen molar-refractivity contribution in [2.45, 2.75) is 53.1 Å². The van der Waals surface area contributed by atoms with Gasteiger partial charge in [-0.25, -0.2) is 4.99 Å². The molecule has 7 heteroatoms. The predicted octanol–water partition coefficient (Wildman–Crippen LogP) is 4.63. The number of rotatable bonds is 7. The minimum absolute atomic E-state index is 0. The number of benzene rings is 1. The maximum atomic E-state index is 5.98. The molecular formula is C20H31ClIN5. The van der Waals surface area contributed by atoms with Crippen LogP contribution in [-0.2, 0) is 26.4 Å². The van der Waals surface area contributed by atoms with Gasteiger partial charge in [-0.05, 0) is 44.4 Å². The Labute approximate surface area is 185 Å². The molecule has 0 amide bonds. The number of nitrogens with zero attached hydrogens (tertiary/aromatic N) is 3. The van der Waals surface area contributed by atoms with Gasteiger partial charge in [0.1, 0.15) is 0 Å². The van der Waals surface area contributed by atoms with E-state index in [4.69, 9.17) is 16.6 Å². The SMILES string of the molecule is CCNC(=NCc1c(CC)nn(C)c1CC)NC(C)c1ccc(Cl)cc1.I. The maximum absolute atomic E-state index is 5.98. The van der Waals surface area contributed by atoms with Crippen LogP contribution in [0.25, 0.3) is 0 Å². The van der Waals surface area contributed by atoms with Crippen LogP contribution in [0.2, 0.25) is 5.02 Å². The topological polar surface area (TPSA) is 54.2 Å². The van der Waals surface area contributed by atoms with Gasteiger partial charge in [-0.15, -0.1) is 24.0 Å². The quantitative estimate of drug-likeness (QED) is 0.329. The lowest BCUT2D eigenvalue weighted by Gasteiger charge is -2.18. The van der Waals surface area contributed by atoms with Gasteiger partial charge in [-0.2, -0.15) is 5.10 Å². The lowest BCUT2D eigenvalue weighted by atomic mass is 10.1. The Hall–Kier alpha value is -1.28. The molecular weight excluding hydrogens is 473 g/mol. The predicted molar refractivity (Wildman–Crippen MR) is 125 cm³/mol. The maximum Gasteiger partial charge on any atom is 0.192 e. The minimum Gasteiger partial charge on any atom is -0.357 e. The third kappa shape index (κ3) is 6.38. The number of hydrogen-bond donors (Lipinski definition) is 2. The van der Waals surface area contributed by atoms with E-state index in [2.05, 4.69) is 43.4 Å². The average molecular weight is 504 g/mol. The van der Waals surface area contributed by atoms with Gasteiger partial charge >= 0.3 is 0 Å². The van der Waals surface area contributed by atoms with E-state index in [-0.39, 0.29) is 30.0 Å². The van der Waals surface area contributed by atoms with Crippen LogP contribution in [-0.4, -0.2) is 22.3 Å². The van der Waals surface area contributed by atoms with Crippen LogP contribution in [0, 0.1) is 0 Å². The summed E-state index contributed by atoms with van der Waals surface area (Å²) in [6.07, 6.45) is 1.88. The number of hydrogen-bond acceptors (Lipinski definition) is 2. The standard InChI is InChI=1S/C20H30ClN5.HI/c1-6-18-17(19(7-2)26(5)25-18)13-23-20(22-8-3)24-14(4)15-9-11-16(21)12-10-15;/h9-12,14H,6-8,13H2,1-5H3,(H2,22,23,24);1H. The summed E-state index contributed by atoms with van der Waals surface area (Å²) in [5.41, 5.74) is 4.81. The fourth-order valence-electron chi connectivity index (χ4n) is 3.09. The van der Waals surface area contributed by atoms with E-state index in [9.17, 15) is 0 Å². The van der Waals surface area contributed by atoms with E-state index >= 15 is 0 Å². The number of halogens is 2. The Morgan fingerprint density at radius 3 is 2.41 bits per heavy atom. The van der Waals surface area contributed by atoms with Gasteiger partial charge in [0.15, 0.2) is 5.96 Å². The van der Waals surface area contributed by atoms with Gasteiger partial charge in [0.25, 0.3) is 0 Å². The highest BCUT2D eigenvalue weighted by atomic mass is 127. The smallest absolute Gasteiger partial charge is 0.192 e. The number of aromatic nitrogens is 2. The molecule has 0 radical (unpaired) electrons. The highest BCUT2D eigenvalue weighted by Gasteiger charge is 2.14. The van der Waals surface area contributed by atoms with Crippen LogP contribution in [0.1, 0.15) is 56.3 Å². The first-order valence-corrected chi connectivity index (χ1v) is 9.71. The van der Waals surface area contributed by atoms with Crippen molar-refractivity contribution >= 4 is 41.5 Å². The molecule has 1 aromatic heterocycles.